The summed E-state index contributed by atoms with van der Waals surface area (Å²) in [5, 5.41) is 0.702. The van der Waals surface area contributed by atoms with E-state index in [4.69, 9.17) is 16.3 Å². The summed E-state index contributed by atoms with van der Waals surface area (Å²) in [6.45, 7) is 3.29. The minimum atomic E-state index is -0.0742. The molecule has 1 atom stereocenters. The van der Waals surface area contributed by atoms with Crippen molar-refractivity contribution in [3.05, 3.63) is 100 Å². The molecule has 0 radical (unpaired) electrons. The Morgan fingerprint density at radius 1 is 1.00 bits per heavy atom. The zero-order valence-electron chi connectivity index (χ0n) is 15.8. The van der Waals surface area contributed by atoms with Crippen LogP contribution in [0.5, 0.6) is 5.75 Å². The number of benzene rings is 3. The molecule has 1 amide bonds. The Morgan fingerprint density at radius 2 is 1.75 bits per heavy atom. The molecule has 0 aromatic heterocycles. The molecule has 3 nitrogen and oxygen atoms in total. The number of amides is 1. The van der Waals surface area contributed by atoms with Crippen molar-refractivity contribution in [2.75, 3.05) is 6.54 Å². The lowest BCUT2D eigenvalue weighted by atomic mass is 9.97. The molecule has 4 rings (SSSR count). The molecule has 0 spiro atoms. The van der Waals surface area contributed by atoms with Crippen molar-refractivity contribution >= 4 is 17.5 Å². The predicted octanol–water partition coefficient (Wildman–Crippen LogP) is 5.68. The van der Waals surface area contributed by atoms with Gasteiger partial charge in [-0.1, -0.05) is 60.1 Å². The number of nitrogens with zero attached hydrogens (tertiary/aromatic N) is 1. The molecule has 0 unspecified atom stereocenters. The van der Waals surface area contributed by atoms with Crippen molar-refractivity contribution in [2.45, 2.75) is 26.0 Å². The van der Waals surface area contributed by atoms with Gasteiger partial charge >= 0.3 is 0 Å². The molecule has 0 saturated carbocycles. The first-order valence-electron chi connectivity index (χ1n) is 9.49. The van der Waals surface area contributed by atoms with Crippen molar-refractivity contribution in [3.8, 4) is 5.75 Å². The van der Waals surface area contributed by atoms with E-state index in [0.29, 0.717) is 18.1 Å². The smallest absolute Gasteiger partial charge is 0.254 e. The molecular formula is C24H22ClNO2. The fourth-order valence-electron chi connectivity index (χ4n) is 3.60. The molecule has 0 aliphatic carbocycles. The van der Waals surface area contributed by atoms with Gasteiger partial charge in [-0.25, -0.2) is 0 Å². The Hall–Kier alpha value is -2.78. The van der Waals surface area contributed by atoms with Crippen LogP contribution in [0.2, 0.25) is 5.02 Å². The molecule has 3 aromatic rings. The maximum absolute atomic E-state index is 13.0. The Labute approximate surface area is 170 Å². The van der Waals surface area contributed by atoms with Gasteiger partial charge in [0.1, 0.15) is 11.9 Å². The third-order valence-corrected chi connectivity index (χ3v) is 5.39. The number of carbonyl (C=O) groups excluding carboxylic acids is 1. The highest BCUT2D eigenvalue weighted by atomic mass is 35.5. The van der Waals surface area contributed by atoms with E-state index >= 15 is 0 Å². The van der Waals surface area contributed by atoms with Crippen LogP contribution < -0.4 is 4.74 Å². The molecule has 1 heterocycles. The summed E-state index contributed by atoms with van der Waals surface area (Å²) in [4.78, 5) is 14.9. The molecule has 1 aliphatic rings. The fraction of sp³-hybridized carbons (Fsp3) is 0.208. The molecule has 1 aliphatic heterocycles. The molecule has 0 fully saturated rings. The van der Waals surface area contributed by atoms with Crippen molar-refractivity contribution < 1.29 is 9.53 Å². The van der Waals surface area contributed by atoms with E-state index in [1.165, 1.54) is 0 Å². The lowest BCUT2D eigenvalue weighted by molar-refractivity contribution is 0.0724. The van der Waals surface area contributed by atoms with E-state index in [2.05, 4.69) is 12.1 Å². The third kappa shape index (κ3) is 3.90. The zero-order chi connectivity index (χ0) is 19.5. The van der Waals surface area contributed by atoms with Gasteiger partial charge in [0, 0.05) is 29.2 Å². The van der Waals surface area contributed by atoms with E-state index in [1.54, 1.807) is 0 Å². The average molecular weight is 392 g/mol. The number of fused-ring (bicyclic) bond motifs is 1. The lowest BCUT2D eigenvalue weighted by Gasteiger charge is -2.30. The molecule has 3 aromatic carbocycles. The third-order valence-electron chi connectivity index (χ3n) is 5.14. The van der Waals surface area contributed by atoms with Crippen LogP contribution in [0.3, 0.4) is 0 Å². The summed E-state index contributed by atoms with van der Waals surface area (Å²) in [6.07, 6.45) is 0.710. The lowest BCUT2D eigenvalue weighted by Crippen LogP contribution is -2.37. The highest BCUT2D eigenvalue weighted by Gasteiger charge is 2.27. The summed E-state index contributed by atoms with van der Waals surface area (Å²) in [5.74, 6) is 0.849. The van der Waals surface area contributed by atoms with E-state index in [9.17, 15) is 4.79 Å². The van der Waals surface area contributed by atoms with E-state index in [0.717, 1.165) is 34.4 Å². The van der Waals surface area contributed by atoms with Crippen LogP contribution in [0.4, 0.5) is 0 Å². The molecule has 0 bridgehead atoms. The van der Waals surface area contributed by atoms with Crippen molar-refractivity contribution in [1.82, 2.24) is 4.90 Å². The van der Waals surface area contributed by atoms with Crippen LogP contribution in [-0.2, 0) is 13.0 Å². The van der Waals surface area contributed by atoms with Gasteiger partial charge in [0.2, 0.25) is 0 Å². The first-order valence-corrected chi connectivity index (χ1v) is 9.87. The maximum Gasteiger partial charge on any atom is 0.254 e. The van der Waals surface area contributed by atoms with Gasteiger partial charge in [-0.2, -0.15) is 0 Å². The Morgan fingerprint density at radius 3 is 2.50 bits per heavy atom. The van der Waals surface area contributed by atoms with E-state index in [1.807, 2.05) is 72.5 Å². The summed E-state index contributed by atoms with van der Waals surface area (Å²) in [5.41, 5.74) is 3.93. The van der Waals surface area contributed by atoms with Gasteiger partial charge in [0.15, 0.2) is 0 Å². The number of halogens is 1. The van der Waals surface area contributed by atoms with Gasteiger partial charge in [-0.15, -0.1) is 0 Å². The largest absolute Gasteiger partial charge is 0.486 e. The van der Waals surface area contributed by atoms with Crippen LogP contribution >= 0.6 is 11.6 Å². The number of hydrogen-bond donors (Lipinski definition) is 0. The molecule has 28 heavy (non-hydrogen) atoms. The van der Waals surface area contributed by atoms with Gasteiger partial charge < -0.3 is 9.64 Å². The van der Waals surface area contributed by atoms with Crippen LogP contribution in [0.1, 0.15) is 40.1 Å². The monoisotopic (exact) mass is 391 g/mol. The minimum absolute atomic E-state index is 0.0500. The summed E-state index contributed by atoms with van der Waals surface area (Å²) in [6, 6.07) is 23.5. The Balaban J connectivity index is 1.53. The maximum atomic E-state index is 13.0. The first kappa shape index (κ1) is 18.6. The van der Waals surface area contributed by atoms with Crippen molar-refractivity contribution in [2.24, 2.45) is 0 Å². The van der Waals surface area contributed by atoms with Crippen molar-refractivity contribution in [1.29, 1.82) is 0 Å². The predicted molar refractivity (Wildman–Crippen MR) is 112 cm³/mol. The molecular weight excluding hydrogens is 370 g/mol. The zero-order valence-corrected chi connectivity index (χ0v) is 16.5. The fourth-order valence-corrected chi connectivity index (χ4v) is 3.72. The Kier molecular flexibility index (Phi) is 5.36. The average Bonchev–Trinajstić information content (AvgIpc) is 2.73. The number of hydrogen-bond acceptors (Lipinski definition) is 2. The number of rotatable bonds is 5. The number of carbonyl (C=O) groups is 1. The van der Waals surface area contributed by atoms with E-state index in [-0.39, 0.29) is 12.0 Å². The highest BCUT2D eigenvalue weighted by Crippen LogP contribution is 2.32. The minimum Gasteiger partial charge on any atom is -0.486 e. The standard InChI is InChI=1S/C24H22ClNO2/c1-17(19-6-3-2-4-7-19)28-23-9-5-8-22-21(23)14-15-26(24(22)27)16-18-10-12-20(25)13-11-18/h2-13,17H,14-16H2,1H3/t17-/m1/s1. The quantitative estimate of drug-likeness (QED) is 0.560. The topological polar surface area (TPSA) is 29.5 Å². The molecule has 0 saturated heterocycles. The van der Waals surface area contributed by atoms with Crippen LogP contribution in [-0.4, -0.2) is 17.4 Å². The highest BCUT2D eigenvalue weighted by molar-refractivity contribution is 6.30. The van der Waals surface area contributed by atoms with Gasteiger partial charge in [0.05, 0.1) is 0 Å². The second kappa shape index (κ2) is 8.07. The molecule has 4 heteroatoms. The van der Waals surface area contributed by atoms with Crippen LogP contribution in [0, 0.1) is 0 Å². The normalized spacial score (nSPS) is 14.5. The molecule has 142 valence electrons. The van der Waals surface area contributed by atoms with Crippen LogP contribution in [0.15, 0.2) is 72.8 Å². The second-order valence-corrected chi connectivity index (χ2v) is 7.49. The summed E-state index contributed by atoms with van der Waals surface area (Å²) >= 11 is 5.96. The number of ether oxygens (including phenoxy) is 1. The molecule has 0 N–H and O–H groups in total. The van der Waals surface area contributed by atoms with Gasteiger partial charge in [0.25, 0.3) is 5.91 Å². The summed E-state index contributed by atoms with van der Waals surface area (Å²) in [7, 11) is 0. The van der Waals surface area contributed by atoms with E-state index < -0.39 is 0 Å². The van der Waals surface area contributed by atoms with Crippen molar-refractivity contribution in [3.63, 3.8) is 0 Å². The Bertz CT molecular complexity index is 970. The SMILES string of the molecule is C[C@@H](Oc1cccc2c1CCN(Cc1ccc(Cl)cc1)C2=O)c1ccccc1. The first-order chi connectivity index (χ1) is 13.6. The van der Waals surface area contributed by atoms with Crippen LogP contribution in [0.25, 0.3) is 0 Å². The second-order valence-electron chi connectivity index (χ2n) is 7.06. The summed E-state index contributed by atoms with van der Waals surface area (Å²) < 4.78 is 6.23. The van der Waals surface area contributed by atoms with Gasteiger partial charge in [-0.05, 0) is 48.7 Å². The van der Waals surface area contributed by atoms with Gasteiger partial charge in [-0.3, -0.25) is 4.79 Å².